The molecule has 3 rings (SSSR count). The van der Waals surface area contributed by atoms with Gasteiger partial charge in [0.15, 0.2) is 5.65 Å². The fourth-order valence-electron chi connectivity index (χ4n) is 3.10. The van der Waals surface area contributed by atoms with Gasteiger partial charge in [-0.25, -0.2) is 22.8 Å². The molecule has 1 aliphatic heterocycles. The number of hydrogen-bond donors (Lipinski definition) is 1. The number of piperidine rings is 1. The van der Waals surface area contributed by atoms with Crippen LogP contribution in [0.25, 0.3) is 11.0 Å². The number of fused-ring (bicyclic) bond motifs is 1. The van der Waals surface area contributed by atoms with Crippen molar-refractivity contribution in [3.63, 3.8) is 0 Å². The van der Waals surface area contributed by atoms with Crippen LogP contribution >= 0.6 is 0 Å². The Hall–Kier alpha value is -1.90. The largest absolute Gasteiger partial charge is 0.310 e. The number of H-pyrrole nitrogens is 1. The van der Waals surface area contributed by atoms with Crippen LogP contribution < -0.4 is 5.56 Å². The zero-order valence-electron chi connectivity index (χ0n) is 12.7. The highest BCUT2D eigenvalue weighted by Crippen LogP contribution is 2.29. The Bertz CT molecular complexity index is 749. The Morgan fingerprint density at radius 2 is 2.04 bits per heavy atom. The van der Waals surface area contributed by atoms with Crippen LogP contribution in [0.5, 0.6) is 0 Å². The van der Waals surface area contributed by atoms with E-state index in [-0.39, 0.29) is 17.1 Å². The molecule has 1 N–H and O–H groups in total. The summed E-state index contributed by atoms with van der Waals surface area (Å²) in [5.41, 5.74) is -0.922. The zero-order chi connectivity index (χ0) is 16.6. The van der Waals surface area contributed by atoms with Crippen LogP contribution in [0.15, 0.2) is 4.79 Å². The van der Waals surface area contributed by atoms with Crippen LogP contribution in [-0.2, 0) is 0 Å². The summed E-state index contributed by atoms with van der Waals surface area (Å²) in [4.78, 5) is 20.7. The van der Waals surface area contributed by atoms with Crippen LogP contribution in [0.1, 0.15) is 36.8 Å². The number of aromatic nitrogens is 4. The number of likely N-dealkylation sites (tertiary alicyclic amines) is 1. The first-order valence-electron chi connectivity index (χ1n) is 7.56. The molecule has 0 aliphatic carbocycles. The second-order valence-electron chi connectivity index (χ2n) is 5.74. The SMILES string of the molecule is Cc1nc2c(c(C(F)F)nn2C2CCN(CCF)CC2)c(=O)[nH]1. The molecule has 3 heterocycles. The molecule has 0 aromatic carbocycles. The number of aryl methyl sites for hydroxylation is 1. The van der Waals surface area contributed by atoms with Crippen LogP contribution in [0.4, 0.5) is 13.2 Å². The summed E-state index contributed by atoms with van der Waals surface area (Å²) in [5, 5.41) is 3.84. The van der Waals surface area contributed by atoms with Crippen LogP contribution in [0.2, 0.25) is 0 Å². The van der Waals surface area contributed by atoms with Crippen molar-refractivity contribution in [2.45, 2.75) is 32.2 Å². The number of nitrogens with zero attached hydrogens (tertiary/aromatic N) is 4. The van der Waals surface area contributed by atoms with Crippen molar-refractivity contribution in [3.8, 4) is 0 Å². The molecule has 0 unspecified atom stereocenters. The van der Waals surface area contributed by atoms with Crippen molar-refractivity contribution < 1.29 is 13.2 Å². The lowest BCUT2D eigenvalue weighted by Crippen LogP contribution is -2.36. The number of nitrogens with one attached hydrogen (secondary N) is 1. The van der Waals surface area contributed by atoms with Gasteiger partial charge in [-0.1, -0.05) is 0 Å². The number of rotatable bonds is 4. The molecule has 2 aromatic rings. The summed E-state index contributed by atoms with van der Waals surface area (Å²) in [5.74, 6) is 0.360. The molecule has 0 atom stereocenters. The Morgan fingerprint density at radius 1 is 1.35 bits per heavy atom. The molecule has 2 aromatic heterocycles. The fraction of sp³-hybridized carbons (Fsp3) is 0.643. The van der Waals surface area contributed by atoms with E-state index in [9.17, 15) is 18.0 Å². The van der Waals surface area contributed by atoms with Crippen molar-refractivity contribution in [1.82, 2.24) is 24.6 Å². The average molecular weight is 329 g/mol. The summed E-state index contributed by atoms with van der Waals surface area (Å²) in [6.07, 6.45) is -1.52. The molecule has 0 saturated carbocycles. The molecule has 1 saturated heterocycles. The van der Waals surface area contributed by atoms with Gasteiger partial charge in [0, 0.05) is 19.6 Å². The first-order chi connectivity index (χ1) is 11.0. The smallest absolute Gasteiger partial charge is 0.283 e. The minimum absolute atomic E-state index is 0.116. The highest BCUT2D eigenvalue weighted by Gasteiger charge is 2.28. The van der Waals surface area contributed by atoms with Gasteiger partial charge in [0.1, 0.15) is 23.6 Å². The molecule has 9 heteroatoms. The lowest BCUT2D eigenvalue weighted by molar-refractivity contribution is 0.142. The van der Waals surface area contributed by atoms with E-state index in [1.165, 1.54) is 4.68 Å². The summed E-state index contributed by atoms with van der Waals surface area (Å²) in [6.45, 7) is 2.92. The molecule has 126 valence electrons. The van der Waals surface area contributed by atoms with Crippen LogP contribution in [-0.4, -0.2) is 51.0 Å². The molecule has 0 amide bonds. The maximum atomic E-state index is 13.2. The van der Waals surface area contributed by atoms with Gasteiger partial charge >= 0.3 is 0 Å². The first-order valence-corrected chi connectivity index (χ1v) is 7.56. The predicted octanol–water partition coefficient (Wildman–Crippen LogP) is 1.97. The van der Waals surface area contributed by atoms with E-state index >= 15 is 0 Å². The van der Waals surface area contributed by atoms with E-state index in [2.05, 4.69) is 15.1 Å². The maximum Gasteiger partial charge on any atom is 0.283 e. The molecule has 1 aliphatic rings. The van der Waals surface area contributed by atoms with Crippen molar-refractivity contribution in [2.75, 3.05) is 26.3 Å². The Balaban J connectivity index is 2.00. The third-order valence-electron chi connectivity index (χ3n) is 4.22. The van der Waals surface area contributed by atoms with E-state index in [4.69, 9.17) is 0 Å². The van der Waals surface area contributed by atoms with Crippen molar-refractivity contribution in [2.24, 2.45) is 0 Å². The number of aromatic amines is 1. The number of alkyl halides is 3. The molecule has 6 nitrogen and oxygen atoms in total. The van der Waals surface area contributed by atoms with Gasteiger partial charge in [-0.3, -0.25) is 4.79 Å². The topological polar surface area (TPSA) is 66.8 Å². The molecule has 23 heavy (non-hydrogen) atoms. The number of hydrogen-bond acceptors (Lipinski definition) is 4. The summed E-state index contributed by atoms with van der Waals surface area (Å²) < 4.78 is 40.3. The third-order valence-corrected chi connectivity index (χ3v) is 4.22. The van der Waals surface area contributed by atoms with Crippen LogP contribution in [0.3, 0.4) is 0 Å². The minimum atomic E-state index is -2.84. The Labute approximate surface area is 130 Å². The molecular formula is C14H18F3N5O. The summed E-state index contributed by atoms with van der Waals surface area (Å²) in [6, 6.07) is -0.116. The maximum absolute atomic E-state index is 13.2. The van der Waals surface area contributed by atoms with Gasteiger partial charge in [-0.05, 0) is 19.8 Å². The predicted molar refractivity (Wildman–Crippen MR) is 78.5 cm³/mol. The summed E-state index contributed by atoms with van der Waals surface area (Å²) in [7, 11) is 0. The van der Waals surface area contributed by atoms with Crippen molar-refractivity contribution in [1.29, 1.82) is 0 Å². The molecule has 0 radical (unpaired) electrons. The Kier molecular flexibility index (Phi) is 4.38. The normalized spacial score (nSPS) is 17.4. The van der Waals surface area contributed by atoms with Gasteiger partial charge in [-0.15, -0.1) is 0 Å². The van der Waals surface area contributed by atoms with Gasteiger partial charge < -0.3 is 9.88 Å². The van der Waals surface area contributed by atoms with Gasteiger partial charge in [0.2, 0.25) is 0 Å². The van der Waals surface area contributed by atoms with Crippen molar-refractivity contribution >= 4 is 11.0 Å². The zero-order valence-corrected chi connectivity index (χ0v) is 12.7. The third kappa shape index (κ3) is 2.97. The van der Waals surface area contributed by atoms with E-state index < -0.39 is 24.4 Å². The molecule has 1 fully saturated rings. The first kappa shape index (κ1) is 16.0. The second-order valence-corrected chi connectivity index (χ2v) is 5.74. The minimum Gasteiger partial charge on any atom is -0.310 e. The van der Waals surface area contributed by atoms with E-state index in [1.807, 2.05) is 4.90 Å². The molecular weight excluding hydrogens is 311 g/mol. The highest BCUT2D eigenvalue weighted by atomic mass is 19.3. The van der Waals surface area contributed by atoms with Crippen molar-refractivity contribution in [3.05, 3.63) is 21.9 Å². The standard InChI is InChI=1S/C14H18F3N5O/c1-8-18-13-10(14(23)19-8)11(12(16)17)20-22(13)9-2-5-21(6-3-9)7-4-15/h9,12H,2-7H2,1H3,(H,18,19,23). The Morgan fingerprint density at radius 3 is 2.65 bits per heavy atom. The second kappa shape index (κ2) is 6.31. The average Bonchev–Trinajstić information content (AvgIpc) is 2.88. The van der Waals surface area contributed by atoms with E-state index in [0.29, 0.717) is 38.3 Å². The highest BCUT2D eigenvalue weighted by molar-refractivity contribution is 5.77. The van der Waals surface area contributed by atoms with Crippen LogP contribution in [0, 0.1) is 6.92 Å². The fourth-order valence-corrected chi connectivity index (χ4v) is 3.10. The van der Waals surface area contributed by atoms with Gasteiger partial charge in [0.25, 0.3) is 12.0 Å². The monoisotopic (exact) mass is 329 g/mol. The molecule has 0 bridgehead atoms. The quantitative estimate of drug-likeness (QED) is 0.931. The lowest BCUT2D eigenvalue weighted by Gasteiger charge is -2.31. The molecule has 0 spiro atoms. The van der Waals surface area contributed by atoms with E-state index in [1.54, 1.807) is 6.92 Å². The van der Waals surface area contributed by atoms with Gasteiger partial charge in [0.05, 0.1) is 6.04 Å². The lowest BCUT2D eigenvalue weighted by atomic mass is 10.1. The summed E-state index contributed by atoms with van der Waals surface area (Å²) >= 11 is 0. The van der Waals surface area contributed by atoms with E-state index in [0.717, 1.165) is 0 Å². The number of halogens is 3. The van der Waals surface area contributed by atoms with Gasteiger partial charge in [-0.2, -0.15) is 5.10 Å².